The molecule has 1 aromatic rings. The first kappa shape index (κ1) is 28.5. The molecular formula is C30H37F2NO7. The van der Waals surface area contributed by atoms with Gasteiger partial charge in [0.2, 0.25) is 5.91 Å². The number of carbonyl (C=O) groups is 4. The highest BCUT2D eigenvalue weighted by molar-refractivity contribution is 5.91. The van der Waals surface area contributed by atoms with E-state index in [1.54, 1.807) is 35.2 Å². The van der Waals surface area contributed by atoms with Crippen molar-refractivity contribution in [1.82, 2.24) is 4.90 Å². The van der Waals surface area contributed by atoms with Gasteiger partial charge in [-0.2, -0.15) is 0 Å². The fourth-order valence-corrected chi connectivity index (χ4v) is 7.46. The standard InChI is InChI=1S/C30H37F2NO7/c1-29(2,3)33-23-19-14-20(22(21(19)25(33)34)28(37)39-16-10-6-5-7-11-16)24(23)40-27(36)18-13-9-8-12-17(18)26(35)38-15-30(4,31)32/h5-7,10-11,17-24H,8-9,12-15H2,1-4H3. The minimum absolute atomic E-state index is 0.141. The van der Waals surface area contributed by atoms with Crippen molar-refractivity contribution in [2.75, 3.05) is 6.61 Å². The van der Waals surface area contributed by atoms with Crippen molar-refractivity contribution in [2.45, 2.75) is 83.4 Å². The Bertz CT molecular complexity index is 1160. The summed E-state index contributed by atoms with van der Waals surface area (Å²) in [5.74, 6) is -8.50. The molecule has 0 N–H and O–H groups in total. The molecule has 8 nitrogen and oxygen atoms in total. The number of fused-ring (bicyclic) bond motifs is 1. The number of halogens is 2. The summed E-state index contributed by atoms with van der Waals surface area (Å²) in [4.78, 5) is 55.3. The van der Waals surface area contributed by atoms with Gasteiger partial charge >= 0.3 is 17.9 Å². The fourth-order valence-electron chi connectivity index (χ4n) is 7.46. The second kappa shape index (κ2) is 10.4. The zero-order chi connectivity index (χ0) is 29.0. The molecule has 3 saturated carbocycles. The van der Waals surface area contributed by atoms with Gasteiger partial charge in [-0.15, -0.1) is 0 Å². The van der Waals surface area contributed by atoms with Gasteiger partial charge in [-0.3, -0.25) is 19.2 Å². The molecule has 1 heterocycles. The smallest absolute Gasteiger partial charge is 0.315 e. The van der Waals surface area contributed by atoms with E-state index in [4.69, 9.17) is 14.2 Å². The second-order valence-corrected chi connectivity index (χ2v) is 12.8. The van der Waals surface area contributed by atoms with Crippen LogP contribution in [0.4, 0.5) is 8.78 Å². The van der Waals surface area contributed by atoms with E-state index in [0.717, 1.165) is 0 Å². The topological polar surface area (TPSA) is 99.2 Å². The minimum atomic E-state index is -3.17. The lowest BCUT2D eigenvalue weighted by molar-refractivity contribution is -0.175. The molecular weight excluding hydrogens is 524 g/mol. The van der Waals surface area contributed by atoms with Crippen molar-refractivity contribution in [3.63, 3.8) is 0 Å². The van der Waals surface area contributed by atoms with E-state index in [-0.39, 0.29) is 17.9 Å². The Morgan fingerprint density at radius 1 is 0.925 bits per heavy atom. The maximum Gasteiger partial charge on any atom is 0.315 e. The Morgan fingerprint density at radius 2 is 1.55 bits per heavy atom. The number of benzene rings is 1. The van der Waals surface area contributed by atoms with Crippen LogP contribution in [0.25, 0.3) is 0 Å². The molecule has 218 valence electrons. The first-order valence-corrected chi connectivity index (χ1v) is 14.1. The number of likely N-dealkylation sites (tertiary alicyclic amines) is 1. The Kier molecular flexibility index (Phi) is 7.42. The lowest BCUT2D eigenvalue weighted by Gasteiger charge is -2.41. The third kappa shape index (κ3) is 5.21. The Morgan fingerprint density at radius 3 is 2.15 bits per heavy atom. The van der Waals surface area contributed by atoms with E-state index in [9.17, 15) is 28.0 Å². The Labute approximate surface area is 232 Å². The summed E-state index contributed by atoms with van der Waals surface area (Å²) >= 11 is 0. The average Bonchev–Trinajstić information content (AvgIpc) is 3.50. The second-order valence-electron chi connectivity index (χ2n) is 12.8. The largest absolute Gasteiger partial charge is 0.460 e. The van der Waals surface area contributed by atoms with Crippen LogP contribution in [-0.2, 0) is 28.7 Å². The molecule has 4 fully saturated rings. The molecule has 2 bridgehead atoms. The van der Waals surface area contributed by atoms with Crippen LogP contribution in [-0.4, -0.2) is 58.9 Å². The number of hydrogen-bond acceptors (Lipinski definition) is 7. The molecule has 1 aliphatic heterocycles. The van der Waals surface area contributed by atoms with Crippen LogP contribution in [0, 0.1) is 35.5 Å². The minimum Gasteiger partial charge on any atom is -0.460 e. The molecule has 0 spiro atoms. The number of hydrogen-bond donors (Lipinski definition) is 0. The van der Waals surface area contributed by atoms with Crippen molar-refractivity contribution >= 4 is 23.8 Å². The Hall–Kier alpha value is -3.04. The summed E-state index contributed by atoms with van der Waals surface area (Å²) in [5.41, 5.74) is -0.574. The van der Waals surface area contributed by atoms with Crippen LogP contribution in [0.2, 0.25) is 0 Å². The summed E-state index contributed by atoms with van der Waals surface area (Å²) in [6, 6.07) is 8.25. The normalized spacial score (nSPS) is 33.1. The number of amides is 1. The molecule has 10 heteroatoms. The number of nitrogens with zero attached hydrogens (tertiary/aromatic N) is 1. The molecule has 1 amide bonds. The number of ether oxygens (including phenoxy) is 3. The van der Waals surface area contributed by atoms with Crippen molar-refractivity contribution < 1.29 is 42.2 Å². The zero-order valence-corrected chi connectivity index (χ0v) is 23.3. The lowest BCUT2D eigenvalue weighted by atomic mass is 9.77. The summed E-state index contributed by atoms with van der Waals surface area (Å²) in [6.45, 7) is 5.35. The van der Waals surface area contributed by atoms with Crippen molar-refractivity contribution in [3.8, 4) is 5.75 Å². The van der Waals surface area contributed by atoms with Crippen LogP contribution in [0.3, 0.4) is 0 Å². The highest BCUT2D eigenvalue weighted by atomic mass is 19.3. The highest BCUT2D eigenvalue weighted by Gasteiger charge is 2.72. The monoisotopic (exact) mass is 561 g/mol. The molecule has 0 aromatic heterocycles. The van der Waals surface area contributed by atoms with Gasteiger partial charge in [-0.05, 0) is 58.1 Å². The van der Waals surface area contributed by atoms with Gasteiger partial charge in [-0.1, -0.05) is 31.0 Å². The SMILES string of the molecule is CC(F)(F)COC(=O)C1CCCCC1C(=O)OC1C2CC3C(C(=O)N(C(C)(C)C)C31)C2C(=O)Oc1ccccc1. The van der Waals surface area contributed by atoms with Crippen molar-refractivity contribution in [1.29, 1.82) is 0 Å². The Balaban J connectivity index is 1.38. The molecule has 8 unspecified atom stereocenters. The summed E-state index contributed by atoms with van der Waals surface area (Å²) < 4.78 is 43.3. The summed E-state index contributed by atoms with van der Waals surface area (Å²) in [6.07, 6.45) is 1.87. The first-order valence-electron chi connectivity index (χ1n) is 14.1. The number of esters is 3. The lowest BCUT2D eigenvalue weighted by Crippen LogP contribution is -2.53. The van der Waals surface area contributed by atoms with Gasteiger partial charge in [0, 0.05) is 18.4 Å². The summed E-state index contributed by atoms with van der Waals surface area (Å²) in [5, 5.41) is 0. The van der Waals surface area contributed by atoms with Gasteiger partial charge in [-0.25, -0.2) is 8.78 Å². The van der Waals surface area contributed by atoms with Gasteiger partial charge in [0.1, 0.15) is 11.9 Å². The van der Waals surface area contributed by atoms with Crippen LogP contribution in [0.1, 0.15) is 59.8 Å². The van der Waals surface area contributed by atoms with E-state index in [2.05, 4.69) is 0 Å². The van der Waals surface area contributed by atoms with E-state index >= 15 is 0 Å². The first-order chi connectivity index (χ1) is 18.8. The molecule has 4 aliphatic rings. The molecule has 1 aromatic carbocycles. The predicted molar refractivity (Wildman–Crippen MR) is 138 cm³/mol. The van der Waals surface area contributed by atoms with Crippen LogP contribution < -0.4 is 4.74 Å². The molecule has 8 atom stereocenters. The van der Waals surface area contributed by atoms with Crippen LogP contribution in [0.5, 0.6) is 5.75 Å². The number of carbonyl (C=O) groups excluding carboxylic acids is 4. The average molecular weight is 562 g/mol. The molecule has 40 heavy (non-hydrogen) atoms. The van der Waals surface area contributed by atoms with Gasteiger partial charge < -0.3 is 19.1 Å². The molecule has 1 saturated heterocycles. The third-order valence-electron chi connectivity index (χ3n) is 8.92. The quantitative estimate of drug-likeness (QED) is 0.359. The van der Waals surface area contributed by atoms with E-state index < -0.39 is 71.7 Å². The van der Waals surface area contributed by atoms with E-state index in [0.29, 0.717) is 44.8 Å². The highest BCUT2D eigenvalue weighted by Crippen LogP contribution is 2.61. The molecule has 5 rings (SSSR count). The van der Waals surface area contributed by atoms with E-state index in [1.807, 2.05) is 20.8 Å². The third-order valence-corrected chi connectivity index (χ3v) is 8.92. The van der Waals surface area contributed by atoms with Gasteiger partial charge in [0.25, 0.3) is 5.92 Å². The number of para-hydroxylation sites is 1. The number of alkyl halides is 2. The van der Waals surface area contributed by atoms with Crippen molar-refractivity contribution in [3.05, 3.63) is 30.3 Å². The maximum absolute atomic E-state index is 13.7. The zero-order valence-electron chi connectivity index (χ0n) is 23.3. The van der Waals surface area contributed by atoms with Gasteiger partial charge in [0.05, 0.1) is 29.7 Å². The molecule has 0 radical (unpaired) electrons. The maximum atomic E-state index is 13.7. The van der Waals surface area contributed by atoms with Gasteiger partial charge in [0.15, 0.2) is 6.61 Å². The fraction of sp³-hybridized carbons (Fsp3) is 0.667. The van der Waals surface area contributed by atoms with E-state index in [1.165, 1.54) is 0 Å². The number of rotatable bonds is 7. The van der Waals surface area contributed by atoms with Crippen LogP contribution in [0.15, 0.2) is 30.3 Å². The predicted octanol–water partition coefficient (Wildman–Crippen LogP) is 4.40. The summed E-state index contributed by atoms with van der Waals surface area (Å²) in [7, 11) is 0. The molecule has 3 aliphatic carbocycles. The van der Waals surface area contributed by atoms with Crippen LogP contribution >= 0.6 is 0 Å². The van der Waals surface area contributed by atoms with Crippen molar-refractivity contribution in [2.24, 2.45) is 35.5 Å².